The first-order chi connectivity index (χ1) is 9.13. The lowest BCUT2D eigenvalue weighted by Gasteiger charge is -2.41. The highest BCUT2D eigenvalue weighted by atomic mass is 16.4. The van der Waals surface area contributed by atoms with Crippen LogP contribution in [0.3, 0.4) is 0 Å². The van der Waals surface area contributed by atoms with E-state index in [0.29, 0.717) is 32.5 Å². The van der Waals surface area contributed by atoms with Gasteiger partial charge in [0.25, 0.3) is 0 Å². The van der Waals surface area contributed by atoms with Gasteiger partial charge in [0.2, 0.25) is 0 Å². The molecule has 2 aliphatic rings. The van der Waals surface area contributed by atoms with Crippen LogP contribution < -0.4 is 0 Å². The third-order valence-corrected chi connectivity index (χ3v) is 4.21. The van der Waals surface area contributed by atoms with E-state index in [1.807, 2.05) is 12.1 Å². The third-order valence-electron chi connectivity index (χ3n) is 4.21. The number of likely N-dealkylation sites (tertiary alicyclic amines) is 1. The molecular formula is C14H17NO4. The molecule has 0 spiro atoms. The molecule has 3 rings (SSSR count). The van der Waals surface area contributed by atoms with Crippen molar-refractivity contribution in [1.82, 2.24) is 4.90 Å². The van der Waals surface area contributed by atoms with Crippen molar-refractivity contribution in [1.29, 1.82) is 0 Å². The van der Waals surface area contributed by atoms with Crippen molar-refractivity contribution in [2.45, 2.75) is 19.4 Å². The topological polar surface area (TPSA) is 70.8 Å². The lowest BCUT2D eigenvalue weighted by atomic mass is 9.71. The first kappa shape index (κ1) is 12.4. The van der Waals surface area contributed by atoms with Crippen LogP contribution in [0.5, 0.6) is 0 Å². The summed E-state index contributed by atoms with van der Waals surface area (Å²) in [5, 5.41) is 9.11. The Morgan fingerprint density at radius 2 is 2.05 bits per heavy atom. The number of nitrogens with zero attached hydrogens (tertiary/aromatic N) is 1. The van der Waals surface area contributed by atoms with E-state index in [0.717, 1.165) is 5.76 Å². The van der Waals surface area contributed by atoms with Crippen LogP contribution in [0.15, 0.2) is 22.8 Å². The van der Waals surface area contributed by atoms with E-state index in [1.54, 1.807) is 6.26 Å². The summed E-state index contributed by atoms with van der Waals surface area (Å²) in [5.74, 6) is -0.206. The number of fused-ring (bicyclic) bond motifs is 2. The van der Waals surface area contributed by atoms with Crippen molar-refractivity contribution in [3.05, 3.63) is 24.2 Å². The average Bonchev–Trinajstić information content (AvgIpc) is 2.82. The molecule has 0 aromatic carbocycles. The van der Waals surface area contributed by atoms with E-state index < -0.39 is 5.97 Å². The number of furan rings is 1. The Morgan fingerprint density at radius 1 is 1.37 bits per heavy atom. The molecule has 5 heteroatoms. The molecule has 1 saturated heterocycles. The van der Waals surface area contributed by atoms with Crippen LogP contribution in [0.4, 0.5) is 0 Å². The van der Waals surface area contributed by atoms with Gasteiger partial charge in [-0.05, 0) is 25.0 Å². The molecule has 2 atom stereocenters. The summed E-state index contributed by atoms with van der Waals surface area (Å²) in [7, 11) is 0. The van der Waals surface area contributed by atoms with E-state index in [-0.39, 0.29) is 23.5 Å². The Kier molecular flexibility index (Phi) is 3.14. The first-order valence-corrected chi connectivity index (χ1v) is 6.64. The molecule has 1 N–H and O–H groups in total. The van der Waals surface area contributed by atoms with Crippen molar-refractivity contribution >= 4 is 11.8 Å². The second kappa shape index (κ2) is 4.81. The molecule has 1 aliphatic carbocycles. The molecule has 1 aromatic heterocycles. The molecule has 2 heterocycles. The normalized spacial score (nSPS) is 31.4. The zero-order valence-electron chi connectivity index (χ0n) is 10.6. The summed E-state index contributed by atoms with van der Waals surface area (Å²) in [5.41, 5.74) is 0. The number of rotatable bonds is 3. The lowest BCUT2D eigenvalue weighted by Crippen LogP contribution is -2.51. The smallest absolute Gasteiger partial charge is 0.306 e. The molecule has 1 aromatic rings. The van der Waals surface area contributed by atoms with Crippen molar-refractivity contribution in [3.8, 4) is 0 Å². The van der Waals surface area contributed by atoms with Gasteiger partial charge < -0.3 is 9.52 Å². The fraction of sp³-hybridized carbons (Fsp3) is 0.571. The van der Waals surface area contributed by atoms with Crippen molar-refractivity contribution in [2.24, 2.45) is 17.8 Å². The fourth-order valence-electron chi connectivity index (χ4n) is 3.33. The number of aliphatic carboxylic acids is 1. The summed E-state index contributed by atoms with van der Waals surface area (Å²) in [6.45, 7) is 2.00. The molecule has 0 radical (unpaired) electrons. The number of carbonyl (C=O) groups is 2. The summed E-state index contributed by atoms with van der Waals surface area (Å²) in [4.78, 5) is 25.4. The zero-order chi connectivity index (χ0) is 13.4. The highest BCUT2D eigenvalue weighted by Gasteiger charge is 2.43. The number of hydrogen-bond donors (Lipinski definition) is 1. The van der Waals surface area contributed by atoms with Crippen LogP contribution in [-0.2, 0) is 16.1 Å². The van der Waals surface area contributed by atoms with Gasteiger partial charge in [-0.1, -0.05) is 0 Å². The van der Waals surface area contributed by atoms with E-state index in [2.05, 4.69) is 4.90 Å². The monoisotopic (exact) mass is 263 g/mol. The number of carboxylic acid groups (broad SMARTS) is 1. The minimum Gasteiger partial charge on any atom is -0.481 e. The molecule has 19 heavy (non-hydrogen) atoms. The van der Waals surface area contributed by atoms with Gasteiger partial charge in [-0.25, -0.2) is 0 Å². The fourth-order valence-corrected chi connectivity index (χ4v) is 3.33. The Morgan fingerprint density at radius 3 is 2.58 bits per heavy atom. The first-order valence-electron chi connectivity index (χ1n) is 6.64. The van der Waals surface area contributed by atoms with Gasteiger partial charge in [-0.15, -0.1) is 0 Å². The molecule has 2 bridgehead atoms. The van der Waals surface area contributed by atoms with E-state index in [4.69, 9.17) is 9.52 Å². The van der Waals surface area contributed by atoms with Crippen LogP contribution in [0.2, 0.25) is 0 Å². The van der Waals surface area contributed by atoms with Gasteiger partial charge in [0, 0.05) is 24.9 Å². The van der Waals surface area contributed by atoms with Gasteiger partial charge in [0.15, 0.2) is 0 Å². The molecule has 5 nitrogen and oxygen atoms in total. The highest BCUT2D eigenvalue weighted by Crippen LogP contribution is 2.36. The minimum atomic E-state index is -0.762. The second-order valence-electron chi connectivity index (χ2n) is 5.58. The summed E-state index contributed by atoms with van der Waals surface area (Å²) >= 11 is 0. The Balaban J connectivity index is 1.69. The molecule has 1 aliphatic heterocycles. The van der Waals surface area contributed by atoms with Gasteiger partial charge in [-0.3, -0.25) is 14.5 Å². The quantitative estimate of drug-likeness (QED) is 0.892. The third kappa shape index (κ3) is 2.42. The predicted molar refractivity (Wildman–Crippen MR) is 66.3 cm³/mol. The molecule has 0 amide bonds. The van der Waals surface area contributed by atoms with Gasteiger partial charge in [-0.2, -0.15) is 0 Å². The molecule has 102 valence electrons. The van der Waals surface area contributed by atoms with Crippen molar-refractivity contribution in [3.63, 3.8) is 0 Å². The maximum atomic E-state index is 12.1. The number of hydrogen-bond acceptors (Lipinski definition) is 4. The SMILES string of the molecule is O=C(O)C1CC2CN(Cc3ccco3)CC(C1)C2=O. The molecule has 2 fully saturated rings. The van der Waals surface area contributed by atoms with Crippen LogP contribution >= 0.6 is 0 Å². The zero-order valence-corrected chi connectivity index (χ0v) is 10.6. The Hall–Kier alpha value is -1.62. The highest BCUT2D eigenvalue weighted by molar-refractivity contribution is 5.87. The number of piperidine rings is 1. The van der Waals surface area contributed by atoms with Crippen molar-refractivity contribution in [2.75, 3.05) is 13.1 Å². The molecule has 2 unspecified atom stereocenters. The number of carbonyl (C=O) groups excluding carboxylic acids is 1. The van der Waals surface area contributed by atoms with Gasteiger partial charge in [0.1, 0.15) is 11.5 Å². The van der Waals surface area contributed by atoms with Gasteiger partial charge in [0.05, 0.1) is 18.7 Å². The lowest BCUT2D eigenvalue weighted by molar-refractivity contribution is -0.149. The maximum absolute atomic E-state index is 12.1. The molecular weight excluding hydrogens is 246 g/mol. The maximum Gasteiger partial charge on any atom is 0.306 e. The minimum absolute atomic E-state index is 0.122. The number of Topliss-reactive ketones (excluding diaryl/α,β-unsaturated/α-hetero) is 1. The van der Waals surface area contributed by atoms with E-state index in [1.165, 1.54) is 0 Å². The number of ketones is 1. The summed E-state index contributed by atoms with van der Waals surface area (Å²) < 4.78 is 5.32. The van der Waals surface area contributed by atoms with Crippen molar-refractivity contribution < 1.29 is 19.1 Å². The largest absolute Gasteiger partial charge is 0.481 e. The predicted octanol–water partition coefficient (Wildman–Crippen LogP) is 1.39. The standard InChI is InChI=1S/C14H17NO4/c16-13-10-4-9(14(17)18)5-11(13)7-15(6-10)8-12-2-1-3-19-12/h1-3,9-11H,4-8H2,(H,17,18). The van der Waals surface area contributed by atoms with E-state index >= 15 is 0 Å². The van der Waals surface area contributed by atoms with Gasteiger partial charge >= 0.3 is 5.97 Å². The summed E-state index contributed by atoms with van der Waals surface area (Å²) in [6.07, 6.45) is 2.62. The number of carboxylic acids is 1. The van der Waals surface area contributed by atoms with Crippen LogP contribution in [0.25, 0.3) is 0 Å². The Labute approximate surface area is 111 Å². The Bertz CT molecular complexity index is 464. The summed E-state index contributed by atoms with van der Waals surface area (Å²) in [6, 6.07) is 3.78. The van der Waals surface area contributed by atoms with Crippen LogP contribution in [0.1, 0.15) is 18.6 Å². The van der Waals surface area contributed by atoms with E-state index in [9.17, 15) is 9.59 Å². The van der Waals surface area contributed by atoms with Crippen LogP contribution in [0, 0.1) is 17.8 Å². The average molecular weight is 263 g/mol. The second-order valence-corrected chi connectivity index (χ2v) is 5.58. The van der Waals surface area contributed by atoms with Crippen LogP contribution in [-0.4, -0.2) is 34.8 Å². The molecule has 1 saturated carbocycles.